The molecule has 1 heterocycles. The topological polar surface area (TPSA) is 62.0 Å². The van der Waals surface area contributed by atoms with Crippen molar-refractivity contribution in [2.24, 2.45) is 0 Å². The molecule has 5 heteroatoms. The second-order valence-corrected chi connectivity index (χ2v) is 7.83. The highest BCUT2D eigenvalue weighted by atomic mass is 32.2. The van der Waals surface area contributed by atoms with Gasteiger partial charge in [-0.15, -0.1) is 0 Å². The summed E-state index contributed by atoms with van der Waals surface area (Å²) in [5.74, 6) is 0. The van der Waals surface area contributed by atoms with Crippen molar-refractivity contribution >= 4 is 10.0 Å². The third-order valence-electron chi connectivity index (χ3n) is 4.34. The summed E-state index contributed by atoms with van der Waals surface area (Å²) in [4.78, 5) is 3.56. The van der Waals surface area contributed by atoms with Crippen molar-refractivity contribution in [3.05, 3.63) is 52.3 Å². The second kappa shape index (κ2) is 5.89. The van der Waals surface area contributed by atoms with E-state index in [1.165, 1.54) is 17.5 Å². The predicted molar refractivity (Wildman–Crippen MR) is 87.4 cm³/mol. The van der Waals surface area contributed by atoms with Gasteiger partial charge in [-0.25, -0.2) is 13.1 Å². The summed E-state index contributed by atoms with van der Waals surface area (Å²) >= 11 is 0. The predicted octanol–water partition coefficient (Wildman–Crippen LogP) is 2.99. The van der Waals surface area contributed by atoms with Gasteiger partial charge >= 0.3 is 0 Å². The average Bonchev–Trinajstić information content (AvgIpc) is 2.82. The second-order valence-electron chi connectivity index (χ2n) is 6.06. The normalized spacial score (nSPS) is 14.8. The number of sulfonamides is 1. The summed E-state index contributed by atoms with van der Waals surface area (Å²) in [5.41, 5.74) is 5.51. The first-order valence-corrected chi connectivity index (χ1v) is 9.20. The molecule has 0 aliphatic heterocycles. The van der Waals surface area contributed by atoms with Crippen LogP contribution in [0.1, 0.15) is 40.9 Å². The highest BCUT2D eigenvalue weighted by Crippen LogP contribution is 2.24. The minimum absolute atomic E-state index is 0.315. The average molecular weight is 318 g/mol. The molecule has 0 atom stereocenters. The lowest BCUT2D eigenvalue weighted by Gasteiger charge is -2.16. The molecule has 2 N–H and O–H groups in total. The molecule has 1 aromatic carbocycles. The number of rotatable bonds is 4. The van der Waals surface area contributed by atoms with Crippen LogP contribution in [-0.2, 0) is 29.4 Å². The molecule has 4 nitrogen and oxygen atoms in total. The van der Waals surface area contributed by atoms with Crippen LogP contribution in [0.3, 0.4) is 0 Å². The van der Waals surface area contributed by atoms with Crippen LogP contribution in [0.25, 0.3) is 0 Å². The van der Waals surface area contributed by atoms with Crippen LogP contribution in [0.5, 0.6) is 0 Å². The summed E-state index contributed by atoms with van der Waals surface area (Å²) in [6.07, 6.45) is 4.38. The molecule has 0 amide bonds. The first-order chi connectivity index (χ1) is 10.5. The number of hydrogen-bond acceptors (Lipinski definition) is 2. The molecule has 0 saturated heterocycles. The number of aromatic amines is 1. The van der Waals surface area contributed by atoms with E-state index in [-0.39, 0.29) is 0 Å². The minimum Gasteiger partial charge on any atom is -0.362 e. The molecule has 0 unspecified atom stereocenters. The van der Waals surface area contributed by atoms with E-state index in [9.17, 15) is 8.42 Å². The van der Waals surface area contributed by atoms with Gasteiger partial charge in [0.15, 0.2) is 0 Å². The zero-order valence-corrected chi connectivity index (χ0v) is 13.9. The zero-order valence-electron chi connectivity index (χ0n) is 13.1. The van der Waals surface area contributed by atoms with Crippen molar-refractivity contribution in [1.82, 2.24) is 9.71 Å². The van der Waals surface area contributed by atoms with Crippen LogP contribution < -0.4 is 4.72 Å². The van der Waals surface area contributed by atoms with E-state index in [0.29, 0.717) is 11.4 Å². The van der Waals surface area contributed by atoms with Gasteiger partial charge in [-0.2, -0.15) is 0 Å². The first kappa shape index (κ1) is 15.3. The molecule has 1 aliphatic carbocycles. The Morgan fingerprint density at radius 3 is 2.50 bits per heavy atom. The lowest BCUT2D eigenvalue weighted by atomic mass is 9.92. The van der Waals surface area contributed by atoms with Crippen molar-refractivity contribution in [1.29, 1.82) is 0 Å². The van der Waals surface area contributed by atoms with Crippen molar-refractivity contribution in [2.75, 3.05) is 0 Å². The standard InChI is InChI=1S/C17H22N2O2S/c1-12-9-16(13(2)19-12)11-18-22(20,21)17-8-7-14-5-3-4-6-15(14)10-17/h7-10,18-19H,3-6,11H2,1-2H3. The van der Waals surface area contributed by atoms with Gasteiger partial charge < -0.3 is 4.98 Å². The lowest BCUT2D eigenvalue weighted by molar-refractivity contribution is 0.580. The Labute approximate surface area is 132 Å². The Kier molecular flexibility index (Phi) is 4.10. The molecule has 22 heavy (non-hydrogen) atoms. The van der Waals surface area contributed by atoms with Crippen molar-refractivity contribution < 1.29 is 8.42 Å². The van der Waals surface area contributed by atoms with Crippen LogP contribution >= 0.6 is 0 Å². The monoisotopic (exact) mass is 318 g/mol. The van der Waals surface area contributed by atoms with E-state index in [4.69, 9.17) is 0 Å². The van der Waals surface area contributed by atoms with Gasteiger partial charge in [0.2, 0.25) is 10.0 Å². The van der Waals surface area contributed by atoms with Crippen LogP contribution in [0, 0.1) is 13.8 Å². The van der Waals surface area contributed by atoms with Gasteiger partial charge in [0, 0.05) is 17.9 Å². The zero-order chi connectivity index (χ0) is 15.7. The Balaban J connectivity index is 1.79. The third kappa shape index (κ3) is 3.10. The fourth-order valence-corrected chi connectivity index (χ4v) is 4.16. The van der Waals surface area contributed by atoms with Gasteiger partial charge in [-0.1, -0.05) is 6.07 Å². The van der Waals surface area contributed by atoms with Gasteiger partial charge in [-0.3, -0.25) is 0 Å². The minimum atomic E-state index is -3.46. The molecule has 0 bridgehead atoms. The molecule has 3 rings (SSSR count). The smallest absolute Gasteiger partial charge is 0.240 e. The lowest BCUT2D eigenvalue weighted by Crippen LogP contribution is -2.23. The fourth-order valence-electron chi connectivity index (χ4n) is 3.10. The van der Waals surface area contributed by atoms with E-state index in [1.807, 2.05) is 32.0 Å². The van der Waals surface area contributed by atoms with E-state index in [0.717, 1.165) is 36.2 Å². The van der Waals surface area contributed by atoms with Gasteiger partial charge in [0.25, 0.3) is 0 Å². The number of nitrogens with one attached hydrogen (secondary N) is 2. The van der Waals surface area contributed by atoms with E-state index in [1.54, 1.807) is 6.07 Å². The Bertz CT molecular complexity index is 791. The molecule has 0 fully saturated rings. The van der Waals surface area contributed by atoms with Crippen LogP contribution in [0.2, 0.25) is 0 Å². The highest BCUT2D eigenvalue weighted by molar-refractivity contribution is 7.89. The number of aryl methyl sites for hydroxylation is 4. The number of aromatic nitrogens is 1. The quantitative estimate of drug-likeness (QED) is 0.910. The SMILES string of the molecule is Cc1cc(CNS(=O)(=O)c2ccc3c(c2)CCCC3)c(C)[nH]1. The molecule has 118 valence electrons. The summed E-state index contributed by atoms with van der Waals surface area (Å²) in [6, 6.07) is 7.51. The number of benzene rings is 1. The summed E-state index contributed by atoms with van der Waals surface area (Å²) in [5, 5.41) is 0. The molecular weight excluding hydrogens is 296 g/mol. The first-order valence-electron chi connectivity index (χ1n) is 7.72. The molecular formula is C17H22N2O2S. The molecule has 0 radical (unpaired) electrons. The number of fused-ring (bicyclic) bond motifs is 1. The van der Waals surface area contributed by atoms with Gasteiger partial charge in [-0.05, 0) is 74.4 Å². The van der Waals surface area contributed by atoms with Gasteiger partial charge in [0.1, 0.15) is 0 Å². The molecule has 0 spiro atoms. The Morgan fingerprint density at radius 1 is 1.09 bits per heavy atom. The summed E-state index contributed by atoms with van der Waals surface area (Å²) in [7, 11) is -3.46. The largest absolute Gasteiger partial charge is 0.362 e. The summed E-state index contributed by atoms with van der Waals surface area (Å²) in [6.45, 7) is 4.24. The molecule has 1 aliphatic rings. The Hall–Kier alpha value is -1.59. The van der Waals surface area contributed by atoms with Crippen LogP contribution in [0.4, 0.5) is 0 Å². The molecule has 2 aromatic rings. The summed E-state index contributed by atoms with van der Waals surface area (Å²) < 4.78 is 27.7. The van der Waals surface area contributed by atoms with Crippen molar-refractivity contribution in [3.63, 3.8) is 0 Å². The maximum atomic E-state index is 12.5. The molecule has 0 saturated carbocycles. The number of hydrogen-bond donors (Lipinski definition) is 2. The van der Waals surface area contributed by atoms with Crippen molar-refractivity contribution in [2.45, 2.75) is 51.0 Å². The fraction of sp³-hybridized carbons (Fsp3) is 0.412. The maximum absolute atomic E-state index is 12.5. The number of H-pyrrole nitrogens is 1. The third-order valence-corrected chi connectivity index (χ3v) is 5.74. The van der Waals surface area contributed by atoms with E-state index >= 15 is 0 Å². The maximum Gasteiger partial charge on any atom is 0.240 e. The molecule has 1 aromatic heterocycles. The van der Waals surface area contributed by atoms with Crippen LogP contribution in [0.15, 0.2) is 29.2 Å². The highest BCUT2D eigenvalue weighted by Gasteiger charge is 2.18. The van der Waals surface area contributed by atoms with Gasteiger partial charge in [0.05, 0.1) is 4.90 Å². The van der Waals surface area contributed by atoms with E-state index < -0.39 is 10.0 Å². The van der Waals surface area contributed by atoms with Crippen molar-refractivity contribution in [3.8, 4) is 0 Å². The van der Waals surface area contributed by atoms with E-state index in [2.05, 4.69) is 9.71 Å². The van der Waals surface area contributed by atoms with Crippen LogP contribution in [-0.4, -0.2) is 13.4 Å². The Morgan fingerprint density at radius 2 is 1.82 bits per heavy atom.